The average Bonchev–Trinajstić information content (AvgIpc) is 4.01. The number of benzene rings is 13. The third-order valence-electron chi connectivity index (χ3n) is 16.1. The third kappa shape index (κ3) is 4.89. The molecule has 16 aromatic rings. The van der Waals surface area contributed by atoms with E-state index in [1.54, 1.807) is 0 Å². The molecule has 0 spiro atoms. The summed E-state index contributed by atoms with van der Waals surface area (Å²) in [6.45, 7) is 6.99. The fraction of sp³-hybridized carbons (Fsp3) is 0.0588. The molecule has 1 nitrogen and oxygen atoms in total. The van der Waals surface area contributed by atoms with E-state index in [1.165, 1.54) is 163 Å². The molecule has 320 valence electrons. The predicted molar refractivity (Wildman–Crippen MR) is 299 cm³/mol. The van der Waals surface area contributed by atoms with Gasteiger partial charge in [-0.15, -0.1) is 0 Å². The SMILES string of the molecule is CC(C)(C)c1cc2ccc3ccc4c5cc6c(-c7ccccc7)c7c8cc9cc(-n%10c%11ccccc%11c%11ccccc%11%10)ccc9c9cccc(c7c(-c7ccccc7)c6cc5c5cc(c1)c2c3c45)c98. The van der Waals surface area contributed by atoms with E-state index in [0.29, 0.717) is 0 Å². The molecule has 1 heteroatoms. The van der Waals surface area contributed by atoms with Crippen LogP contribution in [-0.2, 0) is 5.41 Å². The molecule has 0 radical (unpaired) electrons. The molecule has 0 unspecified atom stereocenters. The lowest BCUT2D eigenvalue weighted by Gasteiger charge is -2.21. The highest BCUT2D eigenvalue weighted by molar-refractivity contribution is 6.45. The second-order valence-corrected chi connectivity index (χ2v) is 20.7. The summed E-state index contributed by atoms with van der Waals surface area (Å²) in [5.74, 6) is 0. The first kappa shape index (κ1) is 37.6. The highest BCUT2D eigenvalue weighted by Gasteiger charge is 2.27. The lowest BCUT2D eigenvalue weighted by molar-refractivity contribution is 0.591. The normalized spacial score (nSPS) is 12.9. The van der Waals surface area contributed by atoms with E-state index < -0.39 is 0 Å². The van der Waals surface area contributed by atoms with Gasteiger partial charge in [0, 0.05) is 16.5 Å². The number of para-hydroxylation sites is 2. The Morgan fingerprint density at radius 3 is 1.51 bits per heavy atom. The average molecular weight is 874 g/mol. The fourth-order valence-electron chi connectivity index (χ4n) is 13.1. The molecule has 0 aliphatic carbocycles. The Hall–Kier alpha value is -8.52. The zero-order valence-corrected chi connectivity index (χ0v) is 38.6. The fourth-order valence-corrected chi connectivity index (χ4v) is 13.1. The van der Waals surface area contributed by atoms with E-state index in [4.69, 9.17) is 0 Å². The van der Waals surface area contributed by atoms with Crippen LogP contribution in [0.15, 0.2) is 206 Å². The van der Waals surface area contributed by atoms with Crippen molar-refractivity contribution in [3.05, 3.63) is 212 Å². The van der Waals surface area contributed by atoms with Crippen molar-refractivity contribution < 1.29 is 0 Å². The molecule has 1 heterocycles. The molecule has 16 rings (SSSR count). The van der Waals surface area contributed by atoms with Crippen LogP contribution in [0.4, 0.5) is 0 Å². The number of nitrogens with zero attached hydrogens (tertiary/aromatic N) is 1. The first-order chi connectivity index (χ1) is 33.9. The summed E-state index contributed by atoms with van der Waals surface area (Å²) in [6.07, 6.45) is 0. The van der Waals surface area contributed by atoms with Gasteiger partial charge in [-0.25, -0.2) is 0 Å². The van der Waals surface area contributed by atoms with Crippen LogP contribution in [0.3, 0.4) is 0 Å². The Kier molecular flexibility index (Phi) is 7.15. The van der Waals surface area contributed by atoms with E-state index in [0.717, 1.165) is 0 Å². The Morgan fingerprint density at radius 2 is 0.812 bits per heavy atom. The van der Waals surface area contributed by atoms with Crippen molar-refractivity contribution in [2.75, 3.05) is 0 Å². The zero-order valence-electron chi connectivity index (χ0n) is 38.6. The smallest absolute Gasteiger partial charge is 0.0541 e. The number of hydrogen-bond donors (Lipinski definition) is 0. The van der Waals surface area contributed by atoms with Gasteiger partial charge in [0.05, 0.1) is 11.0 Å². The monoisotopic (exact) mass is 873 g/mol. The Labute approximate surface area is 398 Å². The van der Waals surface area contributed by atoms with Crippen LogP contribution in [-0.4, -0.2) is 4.57 Å². The van der Waals surface area contributed by atoms with Crippen molar-refractivity contribution in [3.8, 4) is 27.9 Å². The number of fused-ring (bicyclic) bond motifs is 12. The van der Waals surface area contributed by atoms with E-state index in [9.17, 15) is 0 Å². The maximum Gasteiger partial charge on any atom is 0.0541 e. The van der Waals surface area contributed by atoms with Gasteiger partial charge in [-0.1, -0.05) is 178 Å². The molecular weight excluding hydrogens is 831 g/mol. The van der Waals surface area contributed by atoms with Crippen molar-refractivity contribution in [2.24, 2.45) is 0 Å². The molecule has 0 N–H and O–H groups in total. The zero-order chi connectivity index (χ0) is 45.4. The van der Waals surface area contributed by atoms with Crippen molar-refractivity contribution in [1.29, 1.82) is 0 Å². The minimum atomic E-state index is 0.0315. The number of rotatable bonds is 3. The first-order valence-corrected chi connectivity index (χ1v) is 24.4. The van der Waals surface area contributed by atoms with E-state index in [2.05, 4.69) is 232 Å². The summed E-state index contributed by atoms with van der Waals surface area (Å²) in [6, 6.07) is 78.8. The van der Waals surface area contributed by atoms with Crippen LogP contribution in [0.5, 0.6) is 0 Å². The quantitative estimate of drug-likeness (QED) is 0.156. The maximum atomic E-state index is 2.58. The highest BCUT2D eigenvalue weighted by Crippen LogP contribution is 2.55. The molecule has 0 saturated heterocycles. The molecule has 0 aliphatic rings. The standard InChI is InChI=1S/C68H43N/c1-68(2,3)44-31-41-26-25-40-27-29-50-52-36-55-56(37-53(52)54-35-43(32-44)60(41)63(40)65(50)54)61(38-15-6-4-7-16-38)66-51-22-14-21-49-46-30-28-45(69-58-23-12-10-19-47(58)48-20-11-13-24-59(48)69)33-42(46)34-57(64(49)51)67(66)62(55)39-17-8-5-9-18-39/h4-37H,1-3H3. The largest absolute Gasteiger partial charge is 0.309 e. The second kappa shape index (κ2) is 13.1. The third-order valence-corrected chi connectivity index (χ3v) is 16.1. The lowest BCUT2D eigenvalue weighted by Crippen LogP contribution is -2.10. The van der Waals surface area contributed by atoms with Crippen molar-refractivity contribution in [3.63, 3.8) is 0 Å². The molecule has 0 atom stereocenters. The molecule has 0 fully saturated rings. The summed E-state index contributed by atoms with van der Waals surface area (Å²) in [4.78, 5) is 0. The number of aromatic nitrogens is 1. The summed E-state index contributed by atoms with van der Waals surface area (Å²) >= 11 is 0. The van der Waals surface area contributed by atoms with Gasteiger partial charge >= 0.3 is 0 Å². The molecule has 0 amide bonds. The minimum Gasteiger partial charge on any atom is -0.309 e. The Bertz CT molecular complexity index is 4780. The molecule has 1 aromatic heterocycles. The van der Waals surface area contributed by atoms with Crippen LogP contribution in [0.1, 0.15) is 26.3 Å². The summed E-state index contributed by atoms with van der Waals surface area (Å²) in [7, 11) is 0. The van der Waals surface area contributed by atoms with Crippen molar-refractivity contribution in [1.82, 2.24) is 4.57 Å². The molecule has 0 aliphatic heterocycles. The van der Waals surface area contributed by atoms with Crippen molar-refractivity contribution >= 4 is 130 Å². The summed E-state index contributed by atoms with van der Waals surface area (Å²) < 4.78 is 2.45. The minimum absolute atomic E-state index is 0.0315. The molecule has 15 aromatic carbocycles. The molecule has 0 bridgehead atoms. The Morgan fingerprint density at radius 1 is 0.275 bits per heavy atom. The van der Waals surface area contributed by atoms with Gasteiger partial charge in [0.1, 0.15) is 0 Å². The molecular formula is C68H43N. The van der Waals surface area contributed by atoms with Gasteiger partial charge in [0.25, 0.3) is 0 Å². The second-order valence-electron chi connectivity index (χ2n) is 20.7. The van der Waals surface area contributed by atoms with Crippen LogP contribution >= 0.6 is 0 Å². The maximum absolute atomic E-state index is 2.58. The van der Waals surface area contributed by atoms with Crippen LogP contribution in [0.2, 0.25) is 0 Å². The van der Waals surface area contributed by atoms with Crippen LogP contribution in [0.25, 0.3) is 157 Å². The van der Waals surface area contributed by atoms with Crippen LogP contribution in [0, 0.1) is 0 Å². The predicted octanol–water partition coefficient (Wildman–Crippen LogP) is 19.3. The van der Waals surface area contributed by atoms with E-state index in [1.807, 2.05) is 0 Å². The first-order valence-electron chi connectivity index (χ1n) is 24.4. The topological polar surface area (TPSA) is 4.93 Å². The number of hydrogen-bond acceptors (Lipinski definition) is 0. The van der Waals surface area contributed by atoms with Gasteiger partial charge in [0.2, 0.25) is 0 Å². The van der Waals surface area contributed by atoms with Gasteiger partial charge < -0.3 is 4.57 Å². The van der Waals surface area contributed by atoms with Crippen LogP contribution < -0.4 is 0 Å². The Balaban J connectivity index is 1.10. The van der Waals surface area contributed by atoms with Gasteiger partial charge in [-0.05, 0) is 189 Å². The summed E-state index contributed by atoms with van der Waals surface area (Å²) in [5, 5.41) is 29.0. The highest BCUT2D eigenvalue weighted by atomic mass is 15.0. The van der Waals surface area contributed by atoms with Crippen molar-refractivity contribution in [2.45, 2.75) is 26.2 Å². The van der Waals surface area contributed by atoms with Gasteiger partial charge in [0.15, 0.2) is 0 Å². The molecule has 0 saturated carbocycles. The molecule has 69 heavy (non-hydrogen) atoms. The lowest BCUT2D eigenvalue weighted by atomic mass is 9.83. The van der Waals surface area contributed by atoms with E-state index >= 15 is 0 Å². The van der Waals surface area contributed by atoms with E-state index in [-0.39, 0.29) is 5.41 Å². The summed E-state index contributed by atoms with van der Waals surface area (Å²) in [5.41, 5.74) is 10.1. The van der Waals surface area contributed by atoms with Gasteiger partial charge in [-0.2, -0.15) is 0 Å². The van der Waals surface area contributed by atoms with Gasteiger partial charge in [-0.3, -0.25) is 0 Å².